The lowest BCUT2D eigenvalue weighted by Gasteiger charge is -2.20. The van der Waals surface area contributed by atoms with E-state index >= 15 is 0 Å². The minimum atomic E-state index is -1.52. The molecule has 0 atom stereocenters. The quantitative estimate of drug-likeness (QED) is 0.709. The molecular formula is C9H13FN2O. The molecule has 0 spiro atoms. The normalized spacial score (nSPS) is 18.7. The summed E-state index contributed by atoms with van der Waals surface area (Å²) in [6.45, 7) is 2.84. The van der Waals surface area contributed by atoms with Crippen molar-refractivity contribution >= 4 is 0 Å². The summed E-state index contributed by atoms with van der Waals surface area (Å²) in [7, 11) is 0. The Balaban J connectivity index is 2.17. The Bertz CT molecular complexity index is 299. The predicted molar refractivity (Wildman–Crippen MR) is 45.0 cm³/mol. The summed E-state index contributed by atoms with van der Waals surface area (Å²) in [6, 6.07) is 0. The first-order valence-corrected chi connectivity index (χ1v) is 4.60. The monoisotopic (exact) mass is 184 g/mol. The molecule has 0 bridgehead atoms. The first kappa shape index (κ1) is 8.66. The number of alkyl halides is 1. The fourth-order valence-electron chi connectivity index (χ4n) is 1.29. The van der Waals surface area contributed by atoms with Gasteiger partial charge in [0.2, 0.25) is 5.89 Å². The van der Waals surface area contributed by atoms with Crippen molar-refractivity contribution in [3.63, 3.8) is 0 Å². The average molecular weight is 184 g/mol. The summed E-state index contributed by atoms with van der Waals surface area (Å²) in [5.41, 5.74) is -1.52. The summed E-state index contributed by atoms with van der Waals surface area (Å²) in [4.78, 5) is 0. The second kappa shape index (κ2) is 2.79. The predicted octanol–water partition coefficient (Wildman–Crippen LogP) is 2.54. The van der Waals surface area contributed by atoms with Gasteiger partial charge in [-0.3, -0.25) is 0 Å². The van der Waals surface area contributed by atoms with Crippen molar-refractivity contribution in [2.24, 2.45) is 0 Å². The number of nitrogens with zero attached hydrogens (tertiary/aromatic N) is 2. The second-order valence-corrected chi connectivity index (χ2v) is 4.05. The van der Waals surface area contributed by atoms with Crippen molar-refractivity contribution in [1.82, 2.24) is 10.2 Å². The zero-order valence-electron chi connectivity index (χ0n) is 7.88. The zero-order valence-corrected chi connectivity index (χ0v) is 7.88. The van der Waals surface area contributed by atoms with E-state index in [0.29, 0.717) is 11.8 Å². The topological polar surface area (TPSA) is 38.9 Å². The molecule has 13 heavy (non-hydrogen) atoms. The Morgan fingerprint density at radius 1 is 1.38 bits per heavy atom. The molecule has 1 fully saturated rings. The highest BCUT2D eigenvalue weighted by atomic mass is 19.1. The maximum atomic E-state index is 13.3. The van der Waals surface area contributed by atoms with Gasteiger partial charge in [0.15, 0.2) is 5.67 Å². The van der Waals surface area contributed by atoms with E-state index in [9.17, 15) is 4.39 Å². The molecule has 1 aromatic heterocycles. The molecule has 1 heterocycles. The van der Waals surface area contributed by atoms with Crippen molar-refractivity contribution in [2.45, 2.75) is 44.7 Å². The number of hydrogen-bond acceptors (Lipinski definition) is 3. The van der Waals surface area contributed by atoms with Gasteiger partial charge in [-0.25, -0.2) is 4.39 Å². The Morgan fingerprint density at radius 2 is 2.08 bits per heavy atom. The van der Waals surface area contributed by atoms with Gasteiger partial charge in [0.1, 0.15) is 0 Å². The highest BCUT2D eigenvalue weighted by Crippen LogP contribution is 2.36. The minimum absolute atomic E-state index is 0.0920. The van der Waals surface area contributed by atoms with Crippen LogP contribution >= 0.6 is 0 Å². The Kier molecular flexibility index (Phi) is 1.86. The molecule has 0 unspecified atom stereocenters. The number of hydrogen-bond donors (Lipinski definition) is 0. The molecule has 0 saturated heterocycles. The van der Waals surface area contributed by atoms with Crippen LogP contribution in [0.3, 0.4) is 0 Å². The molecule has 0 N–H and O–H groups in total. The van der Waals surface area contributed by atoms with Crippen molar-refractivity contribution in [2.75, 3.05) is 0 Å². The minimum Gasteiger partial charge on any atom is -0.421 e. The molecule has 1 aromatic rings. The van der Waals surface area contributed by atoms with Gasteiger partial charge in [-0.05, 0) is 26.7 Å². The van der Waals surface area contributed by atoms with Crippen LogP contribution in [0.15, 0.2) is 4.42 Å². The highest BCUT2D eigenvalue weighted by molar-refractivity contribution is 4.99. The van der Waals surface area contributed by atoms with E-state index in [1.54, 1.807) is 0 Å². The maximum absolute atomic E-state index is 13.3. The summed E-state index contributed by atoms with van der Waals surface area (Å²) >= 11 is 0. The molecule has 4 heteroatoms. The summed E-state index contributed by atoms with van der Waals surface area (Å²) in [5, 5.41) is 7.55. The number of aromatic nitrogens is 2. The third-order valence-corrected chi connectivity index (χ3v) is 2.40. The molecule has 1 aliphatic carbocycles. The largest absolute Gasteiger partial charge is 0.421 e. The average Bonchev–Trinajstić information content (AvgIpc) is 2.29. The van der Waals surface area contributed by atoms with Crippen molar-refractivity contribution in [1.29, 1.82) is 0 Å². The molecule has 0 aliphatic heterocycles. The summed E-state index contributed by atoms with van der Waals surface area (Å²) in [6.07, 6.45) is 3.39. The lowest BCUT2D eigenvalue weighted by atomic mass is 9.85. The third-order valence-electron chi connectivity index (χ3n) is 2.40. The Labute approximate surface area is 76.3 Å². The van der Waals surface area contributed by atoms with E-state index in [1.807, 2.05) is 0 Å². The summed E-state index contributed by atoms with van der Waals surface area (Å²) < 4.78 is 18.6. The van der Waals surface area contributed by atoms with Crippen LogP contribution in [0, 0.1) is 0 Å². The van der Waals surface area contributed by atoms with Crippen LogP contribution in [0.5, 0.6) is 0 Å². The van der Waals surface area contributed by atoms with E-state index in [2.05, 4.69) is 10.2 Å². The molecule has 72 valence electrons. The summed E-state index contributed by atoms with van der Waals surface area (Å²) in [5.74, 6) is 1.07. The third kappa shape index (κ3) is 1.57. The first-order valence-electron chi connectivity index (χ1n) is 4.60. The fourth-order valence-corrected chi connectivity index (χ4v) is 1.29. The van der Waals surface area contributed by atoms with Gasteiger partial charge in [0, 0.05) is 5.92 Å². The smallest absolute Gasteiger partial charge is 0.253 e. The standard InChI is InChI=1S/C9H13FN2O/c1-9(2,10)8-12-11-7(13-8)6-4-3-5-6/h6H,3-5H2,1-2H3. The van der Waals surface area contributed by atoms with Crippen LogP contribution in [0.1, 0.15) is 50.8 Å². The van der Waals surface area contributed by atoms with Gasteiger partial charge < -0.3 is 4.42 Å². The molecule has 1 aliphatic rings. The SMILES string of the molecule is CC(C)(F)c1nnc(C2CCC2)o1. The highest BCUT2D eigenvalue weighted by Gasteiger charge is 2.30. The molecule has 0 aromatic carbocycles. The van der Waals surface area contributed by atoms with Crippen LogP contribution in [0.25, 0.3) is 0 Å². The first-order chi connectivity index (χ1) is 6.07. The van der Waals surface area contributed by atoms with Crippen LogP contribution < -0.4 is 0 Å². The molecule has 1 saturated carbocycles. The van der Waals surface area contributed by atoms with Gasteiger partial charge in [-0.2, -0.15) is 0 Å². The van der Waals surface area contributed by atoms with Gasteiger partial charge in [0.25, 0.3) is 5.89 Å². The van der Waals surface area contributed by atoms with Gasteiger partial charge in [-0.15, -0.1) is 10.2 Å². The van der Waals surface area contributed by atoms with Crippen LogP contribution in [0.2, 0.25) is 0 Å². The Hall–Kier alpha value is -0.930. The van der Waals surface area contributed by atoms with Crippen LogP contribution in [-0.2, 0) is 5.67 Å². The zero-order chi connectivity index (χ0) is 9.47. The lowest BCUT2D eigenvalue weighted by molar-refractivity contribution is 0.162. The van der Waals surface area contributed by atoms with Crippen LogP contribution in [0.4, 0.5) is 4.39 Å². The lowest BCUT2D eigenvalue weighted by Crippen LogP contribution is -2.10. The molecule has 2 rings (SSSR count). The molecule has 0 amide bonds. The van der Waals surface area contributed by atoms with E-state index in [4.69, 9.17) is 4.42 Å². The molecule has 3 nitrogen and oxygen atoms in total. The Morgan fingerprint density at radius 3 is 2.46 bits per heavy atom. The molecular weight excluding hydrogens is 171 g/mol. The number of halogens is 1. The van der Waals surface area contributed by atoms with Gasteiger partial charge in [0.05, 0.1) is 0 Å². The van der Waals surface area contributed by atoms with Gasteiger partial charge in [-0.1, -0.05) is 6.42 Å². The van der Waals surface area contributed by atoms with Crippen molar-refractivity contribution in [3.8, 4) is 0 Å². The van der Waals surface area contributed by atoms with E-state index in [1.165, 1.54) is 20.3 Å². The van der Waals surface area contributed by atoms with Crippen molar-refractivity contribution < 1.29 is 8.81 Å². The van der Waals surface area contributed by atoms with E-state index in [0.717, 1.165) is 12.8 Å². The second-order valence-electron chi connectivity index (χ2n) is 4.05. The van der Waals surface area contributed by atoms with E-state index < -0.39 is 5.67 Å². The van der Waals surface area contributed by atoms with Gasteiger partial charge >= 0.3 is 0 Å². The maximum Gasteiger partial charge on any atom is 0.253 e. The number of rotatable bonds is 2. The van der Waals surface area contributed by atoms with Crippen molar-refractivity contribution in [3.05, 3.63) is 11.8 Å². The van der Waals surface area contributed by atoms with Crippen LogP contribution in [-0.4, -0.2) is 10.2 Å². The molecule has 0 radical (unpaired) electrons. The fraction of sp³-hybridized carbons (Fsp3) is 0.778. The van der Waals surface area contributed by atoms with E-state index in [-0.39, 0.29) is 5.89 Å².